The maximum Gasteiger partial charge on any atom is 0.416 e. The Morgan fingerprint density at radius 3 is 2.82 bits per heavy atom. The molecule has 208 valence electrons. The Kier molecular flexibility index (Phi) is 7.05. The Morgan fingerprint density at radius 2 is 2.03 bits per heavy atom. The van der Waals surface area contributed by atoms with Gasteiger partial charge in [0.2, 0.25) is 5.95 Å². The summed E-state index contributed by atoms with van der Waals surface area (Å²) in [6, 6.07) is 5.28. The van der Waals surface area contributed by atoms with Gasteiger partial charge in [0, 0.05) is 43.7 Å². The van der Waals surface area contributed by atoms with Crippen LogP contribution in [0.3, 0.4) is 0 Å². The van der Waals surface area contributed by atoms with Crippen LogP contribution in [0.1, 0.15) is 48.3 Å². The number of carbonyl (C=O) groups excluding carboxylic acids is 1. The van der Waals surface area contributed by atoms with E-state index in [0.717, 1.165) is 68.6 Å². The van der Waals surface area contributed by atoms with Crippen LogP contribution < -0.4 is 5.32 Å². The second-order valence-electron chi connectivity index (χ2n) is 11.1. The van der Waals surface area contributed by atoms with E-state index in [9.17, 15) is 22.4 Å². The van der Waals surface area contributed by atoms with Crippen molar-refractivity contribution >= 4 is 22.5 Å². The molecule has 0 bridgehead atoms. The summed E-state index contributed by atoms with van der Waals surface area (Å²) in [6.07, 6.45) is 1.28. The summed E-state index contributed by atoms with van der Waals surface area (Å²) in [5.41, 5.74) is 1.86. The fourth-order valence-corrected chi connectivity index (χ4v) is 6.61. The molecule has 0 saturated carbocycles. The summed E-state index contributed by atoms with van der Waals surface area (Å²) >= 11 is 0. The number of aryl methyl sites for hydroxylation is 1. The van der Waals surface area contributed by atoms with E-state index < -0.39 is 17.7 Å². The number of benzene rings is 1. The number of nitrogens with one attached hydrogen (secondary N) is 2. The van der Waals surface area contributed by atoms with Crippen molar-refractivity contribution in [1.82, 2.24) is 20.1 Å². The Labute approximate surface area is 223 Å². The zero-order valence-corrected chi connectivity index (χ0v) is 21.4. The number of ketones is 1. The molecule has 2 N–H and O–H groups in total. The van der Waals surface area contributed by atoms with Gasteiger partial charge < -0.3 is 10.1 Å². The molecule has 2 aliphatic heterocycles. The average molecular weight is 546 g/mol. The number of rotatable bonds is 8. The number of nitrogens with zero attached hydrogens (tertiary/aromatic N) is 3. The van der Waals surface area contributed by atoms with Gasteiger partial charge in [-0.15, -0.1) is 0 Å². The van der Waals surface area contributed by atoms with Gasteiger partial charge in [0.25, 0.3) is 0 Å². The Morgan fingerprint density at radius 1 is 1.18 bits per heavy atom. The van der Waals surface area contributed by atoms with Crippen LogP contribution in [-0.2, 0) is 22.1 Å². The van der Waals surface area contributed by atoms with E-state index in [2.05, 4.69) is 25.4 Å². The first kappa shape index (κ1) is 26.2. The lowest BCUT2D eigenvalue weighted by molar-refractivity contribution is -0.137. The predicted molar refractivity (Wildman–Crippen MR) is 137 cm³/mol. The maximum absolute atomic E-state index is 13.6. The molecule has 0 spiro atoms. The summed E-state index contributed by atoms with van der Waals surface area (Å²) in [5, 5.41) is 10.1. The van der Waals surface area contributed by atoms with Crippen LogP contribution >= 0.6 is 0 Å². The highest BCUT2D eigenvalue weighted by molar-refractivity contribution is 5.92. The SMILES string of the molecule is O=C(CNc1n[nH]c2ccc(C(F)(F)F)cc12)CC1CN(C2CCOC2)C[C@@H]1CC1CCc2cc(F)ncc21. The normalized spacial score (nSPS) is 25.4. The van der Waals surface area contributed by atoms with Gasteiger partial charge >= 0.3 is 6.18 Å². The molecule has 3 unspecified atom stereocenters. The van der Waals surface area contributed by atoms with Gasteiger partial charge in [-0.2, -0.15) is 22.7 Å². The topological polar surface area (TPSA) is 83.1 Å². The summed E-state index contributed by atoms with van der Waals surface area (Å²) < 4.78 is 58.8. The van der Waals surface area contributed by atoms with Gasteiger partial charge in [-0.1, -0.05) is 0 Å². The van der Waals surface area contributed by atoms with E-state index in [4.69, 9.17) is 4.74 Å². The van der Waals surface area contributed by atoms with Crippen molar-refractivity contribution in [2.24, 2.45) is 11.8 Å². The first-order chi connectivity index (χ1) is 18.7. The molecule has 1 aromatic carbocycles. The number of hydrogen-bond donors (Lipinski definition) is 2. The minimum Gasteiger partial charge on any atom is -0.380 e. The molecule has 0 radical (unpaired) electrons. The van der Waals surface area contributed by atoms with Gasteiger partial charge in [-0.3, -0.25) is 14.8 Å². The van der Waals surface area contributed by atoms with Gasteiger partial charge in [0.1, 0.15) is 0 Å². The highest BCUT2D eigenvalue weighted by Gasteiger charge is 2.40. The van der Waals surface area contributed by atoms with E-state index in [1.165, 1.54) is 12.1 Å². The van der Waals surface area contributed by atoms with Crippen LogP contribution in [0.2, 0.25) is 0 Å². The molecule has 2 saturated heterocycles. The number of ether oxygens (including phenoxy) is 1. The molecular weight excluding hydrogens is 514 g/mol. The molecule has 4 heterocycles. The first-order valence-electron chi connectivity index (χ1n) is 13.5. The Balaban J connectivity index is 1.13. The molecule has 39 heavy (non-hydrogen) atoms. The quantitative estimate of drug-likeness (QED) is 0.308. The van der Waals surface area contributed by atoms with Crippen molar-refractivity contribution in [2.45, 2.75) is 50.2 Å². The number of alkyl halides is 3. The highest BCUT2D eigenvalue weighted by Crippen LogP contribution is 2.42. The largest absolute Gasteiger partial charge is 0.416 e. The number of Topliss-reactive ketones (excluding diaryl/α,β-unsaturated/α-hetero) is 1. The number of aromatic nitrogens is 3. The minimum atomic E-state index is -4.46. The van der Waals surface area contributed by atoms with Crippen LogP contribution in [0.5, 0.6) is 0 Å². The lowest BCUT2D eigenvalue weighted by atomic mass is 9.82. The van der Waals surface area contributed by atoms with E-state index in [1.54, 1.807) is 6.20 Å². The van der Waals surface area contributed by atoms with Crippen molar-refractivity contribution in [1.29, 1.82) is 0 Å². The highest BCUT2D eigenvalue weighted by atomic mass is 19.4. The number of hydrogen-bond acceptors (Lipinski definition) is 6. The van der Waals surface area contributed by atoms with Crippen LogP contribution in [0.15, 0.2) is 30.5 Å². The molecule has 6 rings (SSSR count). The van der Waals surface area contributed by atoms with Crippen molar-refractivity contribution in [3.05, 3.63) is 53.1 Å². The third kappa shape index (κ3) is 5.51. The fourth-order valence-electron chi connectivity index (χ4n) is 6.61. The molecular formula is C28H31F4N5O2. The third-order valence-corrected chi connectivity index (χ3v) is 8.64. The third-order valence-electron chi connectivity index (χ3n) is 8.64. The smallest absolute Gasteiger partial charge is 0.380 e. The minimum absolute atomic E-state index is 0.00629. The zero-order valence-electron chi connectivity index (χ0n) is 21.4. The van der Waals surface area contributed by atoms with Gasteiger partial charge in [-0.25, -0.2) is 4.98 Å². The second-order valence-corrected chi connectivity index (χ2v) is 11.1. The molecule has 0 amide bonds. The van der Waals surface area contributed by atoms with Crippen LogP contribution in [0, 0.1) is 17.8 Å². The molecule has 2 aromatic heterocycles. The number of H-pyrrole nitrogens is 1. The van der Waals surface area contributed by atoms with Crippen molar-refractivity contribution < 1.29 is 27.1 Å². The number of aromatic amines is 1. The Hall–Kier alpha value is -3.05. The predicted octanol–water partition coefficient (Wildman–Crippen LogP) is 4.94. The van der Waals surface area contributed by atoms with E-state index in [0.29, 0.717) is 41.8 Å². The molecule has 1 aliphatic carbocycles. The standard InChI is InChI=1S/C28H31F4N5O2/c29-26-9-17-2-1-16(24(17)12-33-26)7-18-13-37(21-5-6-39-15-21)14-19(18)8-22(38)11-34-27-23-10-20(28(30,31)32)3-4-25(23)35-36-27/h3-4,9-10,12,16,18-19,21H,1-2,5-8,11,13-15H2,(H2,34,35,36)/t16?,18-,19?,21?/m0/s1. The van der Waals surface area contributed by atoms with Crippen LogP contribution in [0.25, 0.3) is 10.9 Å². The lowest BCUT2D eigenvalue weighted by Gasteiger charge is -2.23. The molecule has 3 aliphatic rings. The second kappa shape index (κ2) is 10.5. The summed E-state index contributed by atoms with van der Waals surface area (Å²) in [4.78, 5) is 19.5. The average Bonchev–Trinajstić information content (AvgIpc) is 3.69. The molecule has 4 atom stereocenters. The number of halogens is 4. The molecule has 11 heteroatoms. The molecule has 7 nitrogen and oxygen atoms in total. The van der Waals surface area contributed by atoms with Crippen LogP contribution in [0.4, 0.5) is 23.4 Å². The van der Waals surface area contributed by atoms with Crippen molar-refractivity contribution in [3.63, 3.8) is 0 Å². The fraction of sp³-hybridized carbons (Fsp3) is 0.536. The van der Waals surface area contributed by atoms with Crippen molar-refractivity contribution in [3.8, 4) is 0 Å². The monoisotopic (exact) mass is 545 g/mol. The number of pyridine rings is 1. The zero-order chi connectivity index (χ0) is 27.1. The number of likely N-dealkylation sites (tertiary alicyclic amines) is 1. The van der Waals surface area contributed by atoms with Crippen LogP contribution in [-0.4, -0.2) is 64.8 Å². The number of fused-ring (bicyclic) bond motifs is 2. The first-order valence-corrected chi connectivity index (χ1v) is 13.5. The summed E-state index contributed by atoms with van der Waals surface area (Å²) in [7, 11) is 0. The van der Waals surface area contributed by atoms with Crippen molar-refractivity contribution in [2.75, 3.05) is 38.2 Å². The molecule has 2 fully saturated rings. The summed E-state index contributed by atoms with van der Waals surface area (Å²) in [5.74, 6) is 0.540. The van der Waals surface area contributed by atoms with Gasteiger partial charge in [0.15, 0.2) is 11.6 Å². The lowest BCUT2D eigenvalue weighted by Crippen LogP contribution is -2.34. The molecule has 3 aromatic rings. The maximum atomic E-state index is 13.6. The van der Waals surface area contributed by atoms with E-state index >= 15 is 0 Å². The summed E-state index contributed by atoms with van der Waals surface area (Å²) in [6.45, 7) is 3.15. The van der Waals surface area contributed by atoms with Gasteiger partial charge in [-0.05, 0) is 78.8 Å². The Bertz CT molecular complexity index is 1350. The van der Waals surface area contributed by atoms with E-state index in [1.807, 2.05) is 0 Å². The number of anilines is 1. The van der Waals surface area contributed by atoms with E-state index in [-0.39, 0.29) is 24.1 Å². The number of carbonyl (C=O) groups is 1. The van der Waals surface area contributed by atoms with Gasteiger partial charge in [0.05, 0.1) is 24.2 Å².